The lowest BCUT2D eigenvalue weighted by Gasteiger charge is -2.30. The summed E-state index contributed by atoms with van der Waals surface area (Å²) in [7, 11) is -3.78. The Morgan fingerprint density at radius 1 is 1.14 bits per heavy atom. The summed E-state index contributed by atoms with van der Waals surface area (Å²) < 4.78 is 40.4. The summed E-state index contributed by atoms with van der Waals surface area (Å²) in [6.45, 7) is 0.394. The van der Waals surface area contributed by atoms with E-state index < -0.39 is 15.8 Å². The van der Waals surface area contributed by atoms with Gasteiger partial charge in [-0.2, -0.15) is 0 Å². The van der Waals surface area contributed by atoms with E-state index in [1.165, 1.54) is 16.4 Å². The molecule has 0 saturated heterocycles. The van der Waals surface area contributed by atoms with Gasteiger partial charge in [-0.25, -0.2) is 12.8 Å². The van der Waals surface area contributed by atoms with Crippen molar-refractivity contribution in [2.24, 2.45) is 0 Å². The highest BCUT2D eigenvalue weighted by Crippen LogP contribution is 2.32. The van der Waals surface area contributed by atoms with E-state index in [0.29, 0.717) is 12.2 Å². The van der Waals surface area contributed by atoms with Gasteiger partial charge in [-0.3, -0.25) is 4.31 Å². The number of para-hydroxylation sites is 1. The number of fused-ring (bicyclic) bond motifs is 1. The van der Waals surface area contributed by atoms with Gasteiger partial charge in [0.15, 0.2) is 0 Å². The number of rotatable bonds is 2. The van der Waals surface area contributed by atoms with E-state index in [4.69, 9.17) is 5.73 Å². The van der Waals surface area contributed by atoms with Crippen LogP contribution in [0.1, 0.15) is 12.0 Å². The number of aryl methyl sites for hydroxylation is 1. The molecule has 0 bridgehead atoms. The molecule has 1 heterocycles. The van der Waals surface area contributed by atoms with E-state index in [2.05, 4.69) is 0 Å². The molecule has 0 amide bonds. The Kier molecular flexibility index (Phi) is 3.33. The van der Waals surface area contributed by atoms with Crippen molar-refractivity contribution in [2.45, 2.75) is 17.7 Å². The standard InChI is InChI=1S/C15H15FN2O2S/c16-13-10-12(7-8-14(13)17)21(19,20)18-9-3-5-11-4-1-2-6-15(11)18/h1-2,4,6-8,10H,3,5,9,17H2. The molecule has 4 nitrogen and oxygen atoms in total. The Morgan fingerprint density at radius 2 is 1.90 bits per heavy atom. The van der Waals surface area contributed by atoms with Crippen LogP contribution in [0.25, 0.3) is 0 Å². The van der Waals surface area contributed by atoms with Crippen LogP contribution in [-0.2, 0) is 16.4 Å². The number of nitrogens with two attached hydrogens (primary N) is 1. The van der Waals surface area contributed by atoms with Crippen LogP contribution in [0.3, 0.4) is 0 Å². The number of sulfonamides is 1. The third-order valence-corrected chi connectivity index (χ3v) is 5.44. The summed E-state index contributed by atoms with van der Waals surface area (Å²) in [6.07, 6.45) is 1.59. The summed E-state index contributed by atoms with van der Waals surface area (Å²) in [5, 5.41) is 0. The zero-order valence-electron chi connectivity index (χ0n) is 11.3. The second-order valence-corrected chi connectivity index (χ2v) is 6.86. The number of benzene rings is 2. The summed E-state index contributed by atoms with van der Waals surface area (Å²) in [5.74, 6) is -0.721. The van der Waals surface area contributed by atoms with Gasteiger partial charge in [-0.05, 0) is 42.7 Å². The highest BCUT2D eigenvalue weighted by Gasteiger charge is 2.29. The topological polar surface area (TPSA) is 63.4 Å². The van der Waals surface area contributed by atoms with E-state index in [-0.39, 0.29) is 10.6 Å². The molecule has 0 saturated carbocycles. The number of hydrogen-bond donors (Lipinski definition) is 1. The van der Waals surface area contributed by atoms with Crippen molar-refractivity contribution in [2.75, 3.05) is 16.6 Å². The van der Waals surface area contributed by atoms with Crippen LogP contribution < -0.4 is 10.0 Å². The molecule has 2 N–H and O–H groups in total. The monoisotopic (exact) mass is 306 g/mol. The van der Waals surface area contributed by atoms with Crippen molar-refractivity contribution in [3.63, 3.8) is 0 Å². The number of halogens is 1. The molecule has 110 valence electrons. The number of nitrogen functional groups attached to an aromatic ring is 1. The molecular formula is C15H15FN2O2S. The normalized spacial score (nSPS) is 14.8. The van der Waals surface area contributed by atoms with Crippen molar-refractivity contribution in [3.8, 4) is 0 Å². The predicted molar refractivity (Wildman–Crippen MR) is 80.1 cm³/mol. The first-order valence-corrected chi connectivity index (χ1v) is 8.10. The molecule has 1 aliphatic heterocycles. The first-order chi connectivity index (χ1) is 10.00. The lowest BCUT2D eigenvalue weighted by Crippen LogP contribution is -2.35. The number of anilines is 2. The number of nitrogens with zero attached hydrogens (tertiary/aromatic N) is 1. The maximum Gasteiger partial charge on any atom is 0.264 e. The molecule has 0 fully saturated rings. The van der Waals surface area contributed by atoms with E-state index in [1.54, 1.807) is 12.1 Å². The molecule has 0 atom stereocenters. The Labute approximate surface area is 123 Å². The smallest absolute Gasteiger partial charge is 0.264 e. The largest absolute Gasteiger partial charge is 0.396 e. The first-order valence-electron chi connectivity index (χ1n) is 6.66. The Hall–Kier alpha value is -2.08. The molecule has 0 aromatic heterocycles. The van der Waals surface area contributed by atoms with Gasteiger partial charge >= 0.3 is 0 Å². The minimum Gasteiger partial charge on any atom is -0.396 e. The van der Waals surface area contributed by atoms with Crippen LogP contribution in [0.4, 0.5) is 15.8 Å². The zero-order chi connectivity index (χ0) is 15.0. The summed E-state index contributed by atoms with van der Waals surface area (Å²) in [5.41, 5.74) is 7.00. The Balaban J connectivity index is 2.09. The third kappa shape index (κ3) is 2.35. The van der Waals surface area contributed by atoms with Crippen LogP contribution in [0.15, 0.2) is 47.4 Å². The third-order valence-electron chi connectivity index (χ3n) is 3.63. The summed E-state index contributed by atoms with van der Waals surface area (Å²) >= 11 is 0. The van der Waals surface area contributed by atoms with Crippen LogP contribution in [-0.4, -0.2) is 15.0 Å². The maximum atomic E-state index is 13.6. The molecule has 0 radical (unpaired) electrons. The van der Waals surface area contributed by atoms with E-state index in [1.807, 2.05) is 12.1 Å². The van der Waals surface area contributed by atoms with Crippen LogP contribution in [0.2, 0.25) is 0 Å². The highest BCUT2D eigenvalue weighted by atomic mass is 32.2. The molecule has 1 aliphatic rings. The van der Waals surface area contributed by atoms with Gasteiger partial charge in [0, 0.05) is 6.54 Å². The average molecular weight is 306 g/mol. The highest BCUT2D eigenvalue weighted by molar-refractivity contribution is 7.92. The van der Waals surface area contributed by atoms with Crippen molar-refractivity contribution >= 4 is 21.4 Å². The van der Waals surface area contributed by atoms with Crippen molar-refractivity contribution in [1.82, 2.24) is 0 Å². The fourth-order valence-corrected chi connectivity index (χ4v) is 4.10. The predicted octanol–water partition coefficient (Wildman–Crippen LogP) is 2.55. The number of hydrogen-bond acceptors (Lipinski definition) is 3. The summed E-state index contributed by atoms with van der Waals surface area (Å²) in [4.78, 5) is -0.0779. The molecule has 6 heteroatoms. The van der Waals surface area contributed by atoms with E-state index in [0.717, 1.165) is 24.5 Å². The zero-order valence-corrected chi connectivity index (χ0v) is 12.1. The van der Waals surface area contributed by atoms with Gasteiger partial charge in [0.2, 0.25) is 0 Å². The lowest BCUT2D eigenvalue weighted by atomic mass is 10.0. The van der Waals surface area contributed by atoms with Gasteiger partial charge in [-0.15, -0.1) is 0 Å². The van der Waals surface area contributed by atoms with Crippen molar-refractivity contribution in [3.05, 3.63) is 53.8 Å². The molecule has 3 rings (SSSR count). The van der Waals surface area contributed by atoms with Crippen LogP contribution in [0, 0.1) is 5.82 Å². The molecule has 0 aliphatic carbocycles. The lowest BCUT2D eigenvalue weighted by molar-refractivity contribution is 0.583. The SMILES string of the molecule is Nc1ccc(S(=O)(=O)N2CCCc3ccccc32)cc1F. The molecule has 0 spiro atoms. The molecule has 2 aromatic rings. The van der Waals surface area contributed by atoms with E-state index in [9.17, 15) is 12.8 Å². The maximum absolute atomic E-state index is 13.6. The second kappa shape index (κ2) is 5.04. The molecule has 2 aromatic carbocycles. The quantitative estimate of drug-likeness (QED) is 0.867. The average Bonchev–Trinajstić information content (AvgIpc) is 2.49. The van der Waals surface area contributed by atoms with Gasteiger partial charge in [-0.1, -0.05) is 18.2 Å². The molecule has 21 heavy (non-hydrogen) atoms. The van der Waals surface area contributed by atoms with Gasteiger partial charge in [0.05, 0.1) is 16.3 Å². The minimum absolute atomic E-state index is 0.0620. The van der Waals surface area contributed by atoms with Crippen molar-refractivity contribution < 1.29 is 12.8 Å². The Morgan fingerprint density at radius 3 is 2.67 bits per heavy atom. The fourth-order valence-electron chi connectivity index (χ4n) is 2.54. The van der Waals surface area contributed by atoms with Gasteiger partial charge in [0.1, 0.15) is 5.82 Å². The molecular weight excluding hydrogens is 291 g/mol. The van der Waals surface area contributed by atoms with Gasteiger partial charge in [0.25, 0.3) is 10.0 Å². The van der Waals surface area contributed by atoms with Gasteiger partial charge < -0.3 is 5.73 Å². The van der Waals surface area contributed by atoms with E-state index >= 15 is 0 Å². The van der Waals surface area contributed by atoms with Crippen molar-refractivity contribution in [1.29, 1.82) is 0 Å². The summed E-state index contributed by atoms with van der Waals surface area (Å²) in [6, 6.07) is 11.0. The Bertz CT molecular complexity index is 790. The second-order valence-electron chi connectivity index (χ2n) is 4.99. The minimum atomic E-state index is -3.78. The van der Waals surface area contributed by atoms with Crippen LogP contribution >= 0.6 is 0 Å². The van der Waals surface area contributed by atoms with Crippen LogP contribution in [0.5, 0.6) is 0 Å². The fraction of sp³-hybridized carbons (Fsp3) is 0.200. The first kappa shape index (κ1) is 13.9. The molecule has 0 unspecified atom stereocenters.